The van der Waals surface area contributed by atoms with Gasteiger partial charge in [-0.1, -0.05) is 22.9 Å². The zero-order valence-corrected chi connectivity index (χ0v) is 13.1. The summed E-state index contributed by atoms with van der Waals surface area (Å²) in [5, 5.41) is 0. The highest BCUT2D eigenvalue weighted by molar-refractivity contribution is 9.10. The van der Waals surface area contributed by atoms with E-state index < -0.39 is 0 Å². The number of nitrogens with zero attached hydrogens (tertiary/aromatic N) is 1. The van der Waals surface area contributed by atoms with Crippen molar-refractivity contribution >= 4 is 38.7 Å². The molecule has 16 heavy (non-hydrogen) atoms. The summed E-state index contributed by atoms with van der Waals surface area (Å²) in [6.07, 6.45) is 5.60. The highest BCUT2D eigenvalue weighted by Crippen LogP contribution is 2.36. The molecule has 0 N–H and O–H groups in total. The number of carbonyl (C=O) groups excluding carboxylic acids is 1. The van der Waals surface area contributed by atoms with E-state index in [0.717, 1.165) is 12.8 Å². The van der Waals surface area contributed by atoms with E-state index in [1.54, 1.807) is 0 Å². The van der Waals surface area contributed by atoms with Crippen LogP contribution in [-0.2, 0) is 4.79 Å². The molecule has 0 aromatic heterocycles. The Balaban J connectivity index is 0.00000128. The lowest BCUT2D eigenvalue weighted by atomic mass is 9.77. The number of alkyl halides is 1. The van der Waals surface area contributed by atoms with Gasteiger partial charge in [0.25, 0.3) is 0 Å². The molecular formula is C12H21Br2NO. The zero-order valence-electron chi connectivity index (χ0n) is 9.82. The quantitative estimate of drug-likeness (QED) is 0.710. The Morgan fingerprint density at radius 2 is 2.25 bits per heavy atom. The second-order valence-corrected chi connectivity index (χ2v) is 5.98. The van der Waals surface area contributed by atoms with Crippen molar-refractivity contribution in [2.75, 3.05) is 13.1 Å². The molecule has 94 valence electrons. The van der Waals surface area contributed by atoms with Gasteiger partial charge in [-0.25, -0.2) is 0 Å². The lowest BCUT2D eigenvalue weighted by Crippen LogP contribution is -2.51. The van der Waals surface area contributed by atoms with Gasteiger partial charge in [-0.3, -0.25) is 4.79 Å². The van der Waals surface area contributed by atoms with E-state index >= 15 is 0 Å². The molecule has 0 amide bonds. The monoisotopic (exact) mass is 353 g/mol. The maximum atomic E-state index is 11.6. The molecule has 2 rings (SSSR count). The van der Waals surface area contributed by atoms with Crippen LogP contribution in [0.25, 0.3) is 0 Å². The van der Waals surface area contributed by atoms with E-state index in [0.29, 0.717) is 17.7 Å². The van der Waals surface area contributed by atoms with Gasteiger partial charge in [-0.15, -0.1) is 17.0 Å². The molecule has 0 aromatic carbocycles. The van der Waals surface area contributed by atoms with Crippen LogP contribution >= 0.6 is 32.9 Å². The molecule has 2 aliphatic rings. The summed E-state index contributed by atoms with van der Waals surface area (Å²) in [6, 6.07) is 0.667. The first-order valence-electron chi connectivity index (χ1n) is 6.13. The molecule has 1 saturated heterocycles. The Hall–Kier alpha value is 0.590. The Bertz CT molecular complexity index is 245. The molecular weight excluding hydrogens is 334 g/mol. The molecule has 4 heteroatoms. The van der Waals surface area contributed by atoms with Gasteiger partial charge >= 0.3 is 0 Å². The predicted octanol–water partition coefficient (Wildman–Crippen LogP) is 3.18. The van der Waals surface area contributed by atoms with Gasteiger partial charge in [0.1, 0.15) is 5.78 Å². The molecule has 0 aromatic rings. The average molecular weight is 355 g/mol. The normalized spacial score (nSPS) is 35.4. The third-order valence-corrected chi connectivity index (χ3v) is 4.69. The number of piperidine rings is 1. The molecule has 2 nitrogen and oxygen atoms in total. The van der Waals surface area contributed by atoms with Crippen molar-refractivity contribution in [2.45, 2.75) is 49.9 Å². The van der Waals surface area contributed by atoms with Crippen molar-refractivity contribution in [3.8, 4) is 0 Å². The fourth-order valence-corrected chi connectivity index (χ4v) is 3.66. The van der Waals surface area contributed by atoms with Gasteiger partial charge in [0, 0.05) is 12.5 Å². The van der Waals surface area contributed by atoms with Crippen molar-refractivity contribution in [3.63, 3.8) is 0 Å². The summed E-state index contributed by atoms with van der Waals surface area (Å²) in [5.41, 5.74) is 0. The van der Waals surface area contributed by atoms with Crippen molar-refractivity contribution in [1.29, 1.82) is 0 Å². The lowest BCUT2D eigenvalue weighted by Gasteiger charge is -2.44. The molecule has 1 saturated carbocycles. The van der Waals surface area contributed by atoms with E-state index in [1.807, 2.05) is 0 Å². The van der Waals surface area contributed by atoms with Crippen molar-refractivity contribution in [1.82, 2.24) is 4.90 Å². The zero-order chi connectivity index (χ0) is 10.8. The SMILES string of the molecule is Br.CCCN1CCC[C@H]2CC(=O)C(Br)C[C@@H]21. The molecule has 0 bridgehead atoms. The fourth-order valence-electron chi connectivity index (χ4n) is 3.09. The third kappa shape index (κ3) is 3.08. The van der Waals surface area contributed by atoms with Crippen molar-refractivity contribution < 1.29 is 4.79 Å². The van der Waals surface area contributed by atoms with Gasteiger partial charge in [-0.2, -0.15) is 0 Å². The highest BCUT2D eigenvalue weighted by atomic mass is 79.9. The molecule has 1 unspecified atom stereocenters. The summed E-state index contributed by atoms with van der Waals surface area (Å²) in [4.78, 5) is 14.4. The second kappa shape index (κ2) is 6.50. The summed E-state index contributed by atoms with van der Waals surface area (Å²) in [7, 11) is 0. The van der Waals surface area contributed by atoms with E-state index in [2.05, 4.69) is 27.8 Å². The first-order chi connectivity index (χ1) is 7.22. The Kier molecular flexibility index (Phi) is 5.95. The van der Waals surface area contributed by atoms with E-state index in [9.17, 15) is 4.79 Å². The Morgan fingerprint density at radius 3 is 2.94 bits per heavy atom. The van der Waals surface area contributed by atoms with Crippen LogP contribution < -0.4 is 0 Å². The molecule has 0 spiro atoms. The van der Waals surface area contributed by atoms with E-state index in [4.69, 9.17) is 0 Å². The maximum absolute atomic E-state index is 11.6. The van der Waals surface area contributed by atoms with E-state index in [1.165, 1.54) is 32.4 Å². The topological polar surface area (TPSA) is 20.3 Å². The van der Waals surface area contributed by atoms with Crippen LogP contribution in [-0.4, -0.2) is 34.6 Å². The highest BCUT2D eigenvalue weighted by Gasteiger charge is 2.39. The Labute approximate surface area is 117 Å². The van der Waals surface area contributed by atoms with Crippen molar-refractivity contribution in [3.05, 3.63) is 0 Å². The first kappa shape index (κ1) is 14.7. The van der Waals surface area contributed by atoms with Crippen LogP contribution in [0, 0.1) is 5.92 Å². The van der Waals surface area contributed by atoms with Gasteiger partial charge in [0.15, 0.2) is 0 Å². The van der Waals surface area contributed by atoms with Crippen molar-refractivity contribution in [2.24, 2.45) is 5.92 Å². The number of ketones is 1. The molecule has 3 atom stereocenters. The second-order valence-electron chi connectivity index (χ2n) is 4.88. The minimum Gasteiger partial charge on any atom is -0.300 e. The molecule has 2 fully saturated rings. The number of fused-ring (bicyclic) bond motifs is 1. The molecule has 1 aliphatic carbocycles. The molecule has 1 aliphatic heterocycles. The predicted molar refractivity (Wildman–Crippen MR) is 75.7 cm³/mol. The number of hydrogen-bond acceptors (Lipinski definition) is 2. The maximum Gasteiger partial charge on any atom is 0.146 e. The number of hydrogen-bond donors (Lipinski definition) is 0. The van der Waals surface area contributed by atoms with E-state index in [-0.39, 0.29) is 21.8 Å². The summed E-state index contributed by atoms with van der Waals surface area (Å²) < 4.78 is 0. The minimum atomic E-state index is 0. The van der Waals surface area contributed by atoms with Crippen LogP contribution in [0.3, 0.4) is 0 Å². The lowest BCUT2D eigenvalue weighted by molar-refractivity contribution is -0.123. The summed E-state index contributed by atoms with van der Waals surface area (Å²) in [6.45, 7) is 4.68. The number of likely N-dealkylation sites (tertiary alicyclic amines) is 1. The van der Waals surface area contributed by atoms with Gasteiger partial charge in [-0.05, 0) is 44.7 Å². The van der Waals surface area contributed by atoms with Crippen LogP contribution in [0.4, 0.5) is 0 Å². The smallest absolute Gasteiger partial charge is 0.146 e. The molecule has 1 heterocycles. The number of Topliss-reactive ketones (excluding diaryl/α,β-unsaturated/α-hetero) is 1. The van der Waals surface area contributed by atoms with Gasteiger partial charge < -0.3 is 4.90 Å². The summed E-state index contributed by atoms with van der Waals surface area (Å²) in [5.74, 6) is 1.07. The summed E-state index contributed by atoms with van der Waals surface area (Å²) >= 11 is 3.52. The average Bonchev–Trinajstić information content (AvgIpc) is 2.21. The standard InChI is InChI=1S/C12H20BrNO.BrH/c1-2-5-14-6-3-4-9-7-12(15)10(13)8-11(9)14;/h9-11H,2-8H2,1H3;1H/t9-,10?,11-;/m0./s1. The number of halogens is 2. The van der Waals surface area contributed by atoms with Gasteiger partial charge in [0.05, 0.1) is 4.83 Å². The Morgan fingerprint density at radius 1 is 1.50 bits per heavy atom. The first-order valence-corrected chi connectivity index (χ1v) is 7.04. The third-order valence-electron chi connectivity index (χ3n) is 3.81. The minimum absolute atomic E-state index is 0. The van der Waals surface area contributed by atoms with Crippen LogP contribution in [0.2, 0.25) is 0 Å². The number of rotatable bonds is 2. The fraction of sp³-hybridized carbons (Fsp3) is 0.917. The van der Waals surface area contributed by atoms with Crippen LogP contribution in [0.5, 0.6) is 0 Å². The number of carbonyl (C=O) groups is 1. The van der Waals surface area contributed by atoms with Crippen LogP contribution in [0.15, 0.2) is 0 Å². The van der Waals surface area contributed by atoms with Gasteiger partial charge in [0.2, 0.25) is 0 Å². The van der Waals surface area contributed by atoms with Crippen LogP contribution in [0.1, 0.15) is 39.0 Å². The molecule has 0 radical (unpaired) electrons. The largest absolute Gasteiger partial charge is 0.300 e.